The molecule has 0 aliphatic heterocycles. The minimum absolute atomic E-state index is 0.0248. The van der Waals surface area contributed by atoms with Crippen LogP contribution < -0.4 is 4.90 Å². The van der Waals surface area contributed by atoms with Crippen molar-refractivity contribution >= 4 is 22.4 Å². The first-order valence-electron chi connectivity index (χ1n) is 4.92. The second-order valence-corrected chi connectivity index (χ2v) is 4.44. The van der Waals surface area contributed by atoms with Crippen LogP contribution in [0.25, 0.3) is 0 Å². The van der Waals surface area contributed by atoms with Crippen molar-refractivity contribution in [2.75, 3.05) is 25.7 Å². The van der Waals surface area contributed by atoms with Crippen LogP contribution in [0.15, 0.2) is 5.38 Å². The lowest BCUT2D eigenvalue weighted by atomic mass is 10.3. The molecule has 1 aromatic heterocycles. The van der Waals surface area contributed by atoms with Crippen LogP contribution >= 0.6 is 11.3 Å². The van der Waals surface area contributed by atoms with Crippen LogP contribution in [0.2, 0.25) is 0 Å². The number of carbonyl (C=O) groups is 1. The van der Waals surface area contributed by atoms with Crippen LogP contribution in [0.1, 0.15) is 12.6 Å². The molecular weight excluding hydrogens is 228 g/mol. The Hall–Kier alpha value is -1.14. The summed E-state index contributed by atoms with van der Waals surface area (Å²) < 4.78 is 5.06. The average Bonchev–Trinajstić information content (AvgIpc) is 2.64. The van der Waals surface area contributed by atoms with Gasteiger partial charge < -0.3 is 14.7 Å². The van der Waals surface area contributed by atoms with Crippen LogP contribution in [0.4, 0.5) is 5.13 Å². The first kappa shape index (κ1) is 12.9. The molecule has 1 N–H and O–H groups in total. The second kappa shape index (κ2) is 5.81. The third kappa shape index (κ3) is 3.46. The molecule has 0 amide bonds. The zero-order valence-electron chi connectivity index (χ0n) is 9.64. The van der Waals surface area contributed by atoms with Crippen molar-refractivity contribution < 1.29 is 14.6 Å². The van der Waals surface area contributed by atoms with E-state index in [-0.39, 0.29) is 12.5 Å². The molecule has 0 aromatic carbocycles. The van der Waals surface area contributed by atoms with Gasteiger partial charge in [-0.05, 0) is 6.92 Å². The summed E-state index contributed by atoms with van der Waals surface area (Å²) in [7, 11) is 3.58. The number of carboxylic acids is 1. The average molecular weight is 244 g/mol. The largest absolute Gasteiger partial charge is 0.481 e. The number of hydrogen-bond donors (Lipinski definition) is 1. The summed E-state index contributed by atoms with van der Waals surface area (Å²) in [5.74, 6) is -0.857. The normalized spacial score (nSPS) is 12.4. The van der Waals surface area contributed by atoms with Crippen molar-refractivity contribution in [3.63, 3.8) is 0 Å². The minimum Gasteiger partial charge on any atom is -0.481 e. The van der Waals surface area contributed by atoms with E-state index in [1.165, 1.54) is 11.3 Å². The number of nitrogens with zero attached hydrogens (tertiary/aromatic N) is 2. The van der Waals surface area contributed by atoms with Gasteiger partial charge in [0, 0.05) is 19.5 Å². The monoisotopic (exact) mass is 244 g/mol. The zero-order chi connectivity index (χ0) is 12.1. The van der Waals surface area contributed by atoms with E-state index < -0.39 is 5.97 Å². The van der Waals surface area contributed by atoms with E-state index in [2.05, 4.69) is 4.98 Å². The van der Waals surface area contributed by atoms with Gasteiger partial charge in [-0.25, -0.2) is 4.98 Å². The molecule has 0 saturated carbocycles. The predicted molar refractivity (Wildman–Crippen MR) is 63.2 cm³/mol. The number of anilines is 1. The Kier molecular flexibility index (Phi) is 4.70. The standard InChI is InChI=1S/C10H16N2O3S/c1-7(5-15-3)12(2)10-11-8(6-16-10)4-9(13)14/h6-7H,4-5H2,1-3H3,(H,13,14). The first-order valence-corrected chi connectivity index (χ1v) is 5.80. The molecule has 90 valence electrons. The van der Waals surface area contributed by atoms with Crippen molar-refractivity contribution in [3.8, 4) is 0 Å². The Labute approximate surface area is 98.7 Å². The highest BCUT2D eigenvalue weighted by Crippen LogP contribution is 2.21. The quantitative estimate of drug-likeness (QED) is 0.815. The van der Waals surface area contributed by atoms with Gasteiger partial charge in [0.2, 0.25) is 0 Å². The zero-order valence-corrected chi connectivity index (χ0v) is 10.5. The number of methoxy groups -OCH3 is 1. The number of ether oxygens (including phenoxy) is 1. The number of aromatic nitrogens is 1. The van der Waals surface area contributed by atoms with Gasteiger partial charge in [0.15, 0.2) is 5.13 Å². The molecule has 0 saturated heterocycles. The van der Waals surface area contributed by atoms with E-state index in [1.54, 1.807) is 12.5 Å². The van der Waals surface area contributed by atoms with E-state index in [4.69, 9.17) is 9.84 Å². The number of likely N-dealkylation sites (N-methyl/N-ethyl adjacent to an activating group) is 1. The molecule has 1 atom stereocenters. The molecule has 1 heterocycles. The summed E-state index contributed by atoms with van der Waals surface area (Å²) in [4.78, 5) is 16.8. The highest BCUT2D eigenvalue weighted by atomic mass is 32.1. The Balaban J connectivity index is 2.65. The number of aliphatic carboxylic acids is 1. The van der Waals surface area contributed by atoms with E-state index >= 15 is 0 Å². The molecule has 5 nitrogen and oxygen atoms in total. The summed E-state index contributed by atoms with van der Waals surface area (Å²) in [6.45, 7) is 2.64. The highest BCUT2D eigenvalue weighted by Gasteiger charge is 2.14. The van der Waals surface area contributed by atoms with Gasteiger partial charge in [-0.15, -0.1) is 11.3 Å². The van der Waals surface area contributed by atoms with Gasteiger partial charge in [0.1, 0.15) is 0 Å². The summed E-state index contributed by atoms with van der Waals surface area (Å²) in [5, 5.41) is 11.2. The van der Waals surface area contributed by atoms with E-state index in [0.717, 1.165) is 5.13 Å². The van der Waals surface area contributed by atoms with Crippen LogP contribution in [0, 0.1) is 0 Å². The summed E-state index contributed by atoms with van der Waals surface area (Å²) in [6.07, 6.45) is -0.0248. The summed E-state index contributed by atoms with van der Waals surface area (Å²) >= 11 is 1.45. The lowest BCUT2D eigenvalue weighted by Gasteiger charge is -2.23. The Bertz CT molecular complexity index is 354. The van der Waals surface area contributed by atoms with Crippen molar-refractivity contribution in [2.45, 2.75) is 19.4 Å². The van der Waals surface area contributed by atoms with Crippen molar-refractivity contribution in [2.24, 2.45) is 0 Å². The van der Waals surface area contributed by atoms with Gasteiger partial charge in [-0.1, -0.05) is 0 Å². The number of thiazole rings is 1. The maximum absolute atomic E-state index is 10.5. The third-order valence-corrected chi connectivity index (χ3v) is 3.22. The Morgan fingerprint density at radius 2 is 2.44 bits per heavy atom. The fraction of sp³-hybridized carbons (Fsp3) is 0.600. The number of hydrogen-bond acceptors (Lipinski definition) is 5. The lowest BCUT2D eigenvalue weighted by molar-refractivity contribution is -0.136. The Morgan fingerprint density at radius 1 is 1.75 bits per heavy atom. The summed E-state index contributed by atoms with van der Waals surface area (Å²) in [5.41, 5.74) is 0.601. The van der Waals surface area contributed by atoms with Gasteiger partial charge >= 0.3 is 5.97 Å². The molecule has 0 fully saturated rings. The van der Waals surface area contributed by atoms with E-state index in [9.17, 15) is 4.79 Å². The van der Waals surface area contributed by atoms with Crippen LogP contribution in [-0.2, 0) is 16.0 Å². The van der Waals surface area contributed by atoms with Crippen molar-refractivity contribution in [1.82, 2.24) is 4.98 Å². The maximum Gasteiger partial charge on any atom is 0.309 e. The van der Waals surface area contributed by atoms with Crippen molar-refractivity contribution in [1.29, 1.82) is 0 Å². The van der Waals surface area contributed by atoms with Crippen LogP contribution in [-0.4, -0.2) is 42.9 Å². The van der Waals surface area contributed by atoms with Crippen LogP contribution in [0.5, 0.6) is 0 Å². The molecule has 0 aliphatic carbocycles. The summed E-state index contributed by atoms with van der Waals surface area (Å²) in [6, 6.07) is 0.217. The van der Waals surface area contributed by atoms with E-state index in [0.29, 0.717) is 12.3 Å². The van der Waals surface area contributed by atoms with Gasteiger partial charge in [0.05, 0.1) is 24.8 Å². The predicted octanol–water partition coefficient (Wildman–Crippen LogP) is 1.24. The molecular formula is C10H16N2O3S. The molecule has 1 unspecified atom stereocenters. The SMILES string of the molecule is COCC(C)N(C)c1nc(CC(=O)O)cs1. The minimum atomic E-state index is -0.857. The topological polar surface area (TPSA) is 62.7 Å². The van der Waals surface area contributed by atoms with Crippen LogP contribution in [0.3, 0.4) is 0 Å². The third-order valence-electron chi connectivity index (χ3n) is 2.24. The number of rotatable bonds is 6. The molecule has 0 spiro atoms. The lowest BCUT2D eigenvalue weighted by Crippen LogP contribution is -2.32. The fourth-order valence-electron chi connectivity index (χ4n) is 1.24. The number of carboxylic acid groups (broad SMARTS) is 1. The molecule has 0 aliphatic rings. The molecule has 0 radical (unpaired) electrons. The van der Waals surface area contributed by atoms with E-state index in [1.807, 2.05) is 18.9 Å². The van der Waals surface area contributed by atoms with Gasteiger partial charge in [-0.3, -0.25) is 4.79 Å². The molecule has 6 heteroatoms. The second-order valence-electron chi connectivity index (χ2n) is 3.61. The molecule has 0 bridgehead atoms. The van der Waals surface area contributed by atoms with Gasteiger partial charge in [0.25, 0.3) is 0 Å². The highest BCUT2D eigenvalue weighted by molar-refractivity contribution is 7.13. The Morgan fingerprint density at radius 3 is 3.00 bits per heavy atom. The van der Waals surface area contributed by atoms with Crippen molar-refractivity contribution in [3.05, 3.63) is 11.1 Å². The molecule has 1 aromatic rings. The molecule has 1 rings (SSSR count). The molecule has 16 heavy (non-hydrogen) atoms. The smallest absolute Gasteiger partial charge is 0.309 e. The van der Waals surface area contributed by atoms with Gasteiger partial charge in [-0.2, -0.15) is 0 Å². The fourth-order valence-corrected chi connectivity index (χ4v) is 2.13. The first-order chi connectivity index (χ1) is 7.54. The maximum atomic E-state index is 10.5.